The second kappa shape index (κ2) is 5.21. The average Bonchev–Trinajstić information content (AvgIpc) is 2.87. The highest BCUT2D eigenvalue weighted by Gasteiger charge is 2.16. The Balaban J connectivity index is 1.71. The van der Waals surface area contributed by atoms with Gasteiger partial charge in [0.1, 0.15) is 5.78 Å². The Labute approximate surface area is 95.2 Å². The Morgan fingerprint density at radius 2 is 2.56 bits per heavy atom. The standard InChI is InChI=1S/C11H18N4O/c1-15-8-10(13-14-15)6-11(16)3-2-9-4-5-12-7-9/h8-9,12H,2-7H2,1H3. The van der Waals surface area contributed by atoms with E-state index < -0.39 is 0 Å². The van der Waals surface area contributed by atoms with E-state index in [1.165, 1.54) is 6.42 Å². The van der Waals surface area contributed by atoms with Gasteiger partial charge in [0, 0.05) is 19.7 Å². The molecule has 1 aromatic heterocycles. The van der Waals surface area contributed by atoms with Crippen molar-refractivity contribution in [3.05, 3.63) is 11.9 Å². The Kier molecular flexibility index (Phi) is 3.66. The molecule has 0 radical (unpaired) electrons. The molecule has 0 spiro atoms. The van der Waals surface area contributed by atoms with E-state index in [1.807, 2.05) is 7.05 Å². The highest BCUT2D eigenvalue weighted by atomic mass is 16.1. The van der Waals surface area contributed by atoms with Crippen LogP contribution in [0.4, 0.5) is 0 Å². The van der Waals surface area contributed by atoms with Crippen molar-refractivity contribution in [3.63, 3.8) is 0 Å². The van der Waals surface area contributed by atoms with E-state index in [0.29, 0.717) is 18.8 Å². The minimum atomic E-state index is 0.271. The molecule has 1 aliphatic rings. The van der Waals surface area contributed by atoms with Gasteiger partial charge in [-0.05, 0) is 31.8 Å². The Bertz CT molecular complexity index is 355. The average molecular weight is 222 g/mol. The predicted molar refractivity (Wildman–Crippen MR) is 59.9 cm³/mol. The first-order valence-electron chi connectivity index (χ1n) is 5.81. The molecule has 88 valence electrons. The first-order chi connectivity index (χ1) is 7.74. The van der Waals surface area contributed by atoms with Crippen LogP contribution in [0.2, 0.25) is 0 Å². The molecule has 1 atom stereocenters. The van der Waals surface area contributed by atoms with Crippen LogP contribution in [0.3, 0.4) is 0 Å². The second-order valence-electron chi connectivity index (χ2n) is 4.50. The molecule has 2 rings (SSSR count). The molecule has 1 fully saturated rings. The van der Waals surface area contributed by atoms with Crippen LogP contribution in [0.5, 0.6) is 0 Å². The van der Waals surface area contributed by atoms with Crippen molar-refractivity contribution < 1.29 is 4.79 Å². The van der Waals surface area contributed by atoms with Crippen molar-refractivity contribution in [2.24, 2.45) is 13.0 Å². The second-order valence-corrected chi connectivity index (χ2v) is 4.50. The minimum absolute atomic E-state index is 0.271. The summed E-state index contributed by atoms with van der Waals surface area (Å²) < 4.78 is 1.63. The molecule has 16 heavy (non-hydrogen) atoms. The number of nitrogens with zero attached hydrogens (tertiary/aromatic N) is 3. The van der Waals surface area contributed by atoms with Crippen molar-refractivity contribution in [1.29, 1.82) is 0 Å². The van der Waals surface area contributed by atoms with Gasteiger partial charge in [-0.2, -0.15) is 0 Å². The fourth-order valence-corrected chi connectivity index (χ4v) is 2.09. The van der Waals surface area contributed by atoms with E-state index in [4.69, 9.17) is 0 Å². The van der Waals surface area contributed by atoms with Crippen molar-refractivity contribution in [2.45, 2.75) is 25.7 Å². The number of aromatic nitrogens is 3. The molecular formula is C11H18N4O. The third-order valence-electron chi connectivity index (χ3n) is 3.02. The van der Waals surface area contributed by atoms with E-state index in [1.54, 1.807) is 10.9 Å². The molecule has 2 heterocycles. The van der Waals surface area contributed by atoms with E-state index in [-0.39, 0.29) is 5.78 Å². The number of Topliss-reactive ketones (excluding diaryl/α,β-unsaturated/α-hetero) is 1. The van der Waals surface area contributed by atoms with Gasteiger partial charge in [-0.1, -0.05) is 5.21 Å². The minimum Gasteiger partial charge on any atom is -0.316 e. The molecule has 1 aromatic rings. The number of rotatable bonds is 5. The summed E-state index contributed by atoms with van der Waals surface area (Å²) in [6.07, 6.45) is 5.11. The maximum Gasteiger partial charge on any atom is 0.138 e. The number of hydrogen-bond acceptors (Lipinski definition) is 4. The summed E-state index contributed by atoms with van der Waals surface area (Å²) in [4.78, 5) is 11.7. The summed E-state index contributed by atoms with van der Waals surface area (Å²) in [7, 11) is 1.81. The lowest BCUT2D eigenvalue weighted by molar-refractivity contribution is -0.118. The predicted octanol–water partition coefficient (Wildman–Crippen LogP) is 0.316. The van der Waals surface area contributed by atoms with E-state index >= 15 is 0 Å². The lowest BCUT2D eigenvalue weighted by Gasteiger charge is -2.05. The normalized spacial score (nSPS) is 20.2. The van der Waals surface area contributed by atoms with Gasteiger partial charge in [0.2, 0.25) is 0 Å². The lowest BCUT2D eigenvalue weighted by Crippen LogP contribution is -2.11. The molecule has 0 saturated carbocycles. The number of carbonyl (C=O) groups excluding carboxylic acids is 1. The van der Waals surface area contributed by atoms with E-state index in [2.05, 4.69) is 15.6 Å². The Hall–Kier alpha value is -1.23. The monoisotopic (exact) mass is 222 g/mol. The number of aryl methyl sites for hydroxylation is 1. The summed E-state index contributed by atoms with van der Waals surface area (Å²) >= 11 is 0. The van der Waals surface area contributed by atoms with E-state index in [0.717, 1.165) is 25.2 Å². The van der Waals surface area contributed by atoms with Crippen LogP contribution in [-0.2, 0) is 18.3 Å². The molecule has 5 nitrogen and oxygen atoms in total. The number of ketones is 1. The molecule has 1 unspecified atom stereocenters. The van der Waals surface area contributed by atoms with Gasteiger partial charge < -0.3 is 5.32 Å². The van der Waals surface area contributed by atoms with Crippen LogP contribution in [-0.4, -0.2) is 33.9 Å². The summed E-state index contributed by atoms with van der Waals surface area (Å²) in [5.74, 6) is 0.957. The summed E-state index contributed by atoms with van der Waals surface area (Å²) in [6, 6.07) is 0. The molecule has 5 heteroatoms. The fourth-order valence-electron chi connectivity index (χ4n) is 2.09. The topological polar surface area (TPSA) is 59.8 Å². The molecule has 1 saturated heterocycles. The van der Waals surface area contributed by atoms with Crippen LogP contribution < -0.4 is 5.32 Å². The maximum absolute atomic E-state index is 11.7. The Morgan fingerprint density at radius 3 is 3.19 bits per heavy atom. The van der Waals surface area contributed by atoms with Gasteiger partial charge >= 0.3 is 0 Å². The summed E-state index contributed by atoms with van der Waals surface area (Å²) in [5, 5.41) is 11.0. The zero-order valence-corrected chi connectivity index (χ0v) is 9.65. The highest BCUT2D eigenvalue weighted by Crippen LogP contribution is 2.15. The first-order valence-corrected chi connectivity index (χ1v) is 5.81. The molecule has 0 aliphatic carbocycles. The summed E-state index contributed by atoms with van der Waals surface area (Å²) in [5.41, 5.74) is 0.775. The van der Waals surface area contributed by atoms with E-state index in [9.17, 15) is 4.79 Å². The zero-order valence-electron chi connectivity index (χ0n) is 9.65. The zero-order chi connectivity index (χ0) is 11.4. The smallest absolute Gasteiger partial charge is 0.138 e. The highest BCUT2D eigenvalue weighted by molar-refractivity contribution is 5.80. The SMILES string of the molecule is Cn1cc(CC(=O)CCC2CCNC2)nn1. The van der Waals surface area contributed by atoms with Crippen LogP contribution in [0.15, 0.2) is 6.20 Å². The van der Waals surface area contributed by atoms with Crippen LogP contribution in [0, 0.1) is 5.92 Å². The maximum atomic E-state index is 11.7. The molecule has 1 aliphatic heterocycles. The molecule has 1 N–H and O–H groups in total. The molecular weight excluding hydrogens is 204 g/mol. The first kappa shape index (κ1) is 11.3. The van der Waals surface area contributed by atoms with Crippen LogP contribution in [0.1, 0.15) is 25.0 Å². The Morgan fingerprint density at radius 1 is 1.69 bits per heavy atom. The number of nitrogens with one attached hydrogen (secondary N) is 1. The third-order valence-corrected chi connectivity index (χ3v) is 3.02. The van der Waals surface area contributed by atoms with Gasteiger partial charge in [-0.15, -0.1) is 5.10 Å². The van der Waals surface area contributed by atoms with Gasteiger partial charge in [-0.3, -0.25) is 9.48 Å². The van der Waals surface area contributed by atoms with Gasteiger partial charge in [-0.25, -0.2) is 0 Å². The van der Waals surface area contributed by atoms with Crippen LogP contribution >= 0.6 is 0 Å². The van der Waals surface area contributed by atoms with Crippen molar-refractivity contribution in [2.75, 3.05) is 13.1 Å². The molecule has 0 amide bonds. The largest absolute Gasteiger partial charge is 0.316 e. The fraction of sp³-hybridized carbons (Fsp3) is 0.727. The van der Waals surface area contributed by atoms with Crippen molar-refractivity contribution in [3.8, 4) is 0 Å². The van der Waals surface area contributed by atoms with Crippen molar-refractivity contribution >= 4 is 5.78 Å². The molecule has 0 bridgehead atoms. The van der Waals surface area contributed by atoms with Crippen molar-refractivity contribution in [1.82, 2.24) is 20.3 Å². The molecule has 0 aromatic carbocycles. The van der Waals surface area contributed by atoms with Gasteiger partial charge in [0.25, 0.3) is 0 Å². The quantitative estimate of drug-likeness (QED) is 0.779. The van der Waals surface area contributed by atoms with Crippen LogP contribution in [0.25, 0.3) is 0 Å². The van der Waals surface area contributed by atoms with Gasteiger partial charge in [0.05, 0.1) is 12.1 Å². The summed E-state index contributed by atoms with van der Waals surface area (Å²) in [6.45, 7) is 2.17. The number of hydrogen-bond donors (Lipinski definition) is 1. The van der Waals surface area contributed by atoms with Gasteiger partial charge in [0.15, 0.2) is 0 Å². The lowest BCUT2D eigenvalue weighted by atomic mass is 9.99. The number of carbonyl (C=O) groups is 1. The third kappa shape index (κ3) is 3.13.